The standard InChI is InChI=1S/C22H29ClO6/c23-15-6-5-7-17(12-15)29-14-16(24)10-11-19-18(20(25)13-21(19)26)8-3-1-2-4-9-22(27)28/h1,3,5-7,10-12,16,18-21,24-26H,2,4,8-9,13-14H2,(H,27,28)/b3-1+,11-10?/t16-,18?,19+,20?,21?/m0/s1. The molecule has 29 heavy (non-hydrogen) atoms. The highest BCUT2D eigenvalue weighted by atomic mass is 35.5. The molecular weight excluding hydrogens is 396 g/mol. The van der Waals surface area contributed by atoms with Gasteiger partial charge < -0.3 is 25.2 Å². The molecule has 0 heterocycles. The SMILES string of the molecule is O=C(O)CCC/C=C/CC1C(O)CC(O)[C@@H]1C=C[C@H](O)COc1cccc(Cl)c1. The number of carboxylic acid groups (broad SMARTS) is 1. The largest absolute Gasteiger partial charge is 0.491 e. The Morgan fingerprint density at radius 3 is 2.79 bits per heavy atom. The summed E-state index contributed by atoms with van der Waals surface area (Å²) in [6, 6.07) is 6.90. The Kier molecular flexibility index (Phi) is 9.67. The molecule has 3 unspecified atom stereocenters. The van der Waals surface area contributed by atoms with Crippen molar-refractivity contribution in [1.29, 1.82) is 0 Å². The molecule has 1 fully saturated rings. The summed E-state index contributed by atoms with van der Waals surface area (Å²) in [5.74, 6) is -0.671. The molecule has 1 aliphatic carbocycles. The number of hydrogen-bond donors (Lipinski definition) is 4. The second-order valence-corrected chi connectivity index (χ2v) is 7.76. The summed E-state index contributed by atoms with van der Waals surface area (Å²) >= 11 is 5.90. The van der Waals surface area contributed by atoms with Crippen LogP contribution in [0.1, 0.15) is 32.1 Å². The molecule has 1 saturated carbocycles. The number of carbonyl (C=O) groups is 1. The van der Waals surface area contributed by atoms with Gasteiger partial charge in [0, 0.05) is 23.8 Å². The van der Waals surface area contributed by atoms with E-state index in [1.165, 1.54) is 0 Å². The summed E-state index contributed by atoms with van der Waals surface area (Å²) in [7, 11) is 0. The van der Waals surface area contributed by atoms with Gasteiger partial charge in [-0.1, -0.05) is 42.0 Å². The summed E-state index contributed by atoms with van der Waals surface area (Å²) < 4.78 is 5.51. The van der Waals surface area contributed by atoms with Gasteiger partial charge in [0.25, 0.3) is 0 Å². The number of aliphatic hydroxyl groups is 3. The van der Waals surface area contributed by atoms with Crippen LogP contribution in [0.2, 0.25) is 5.02 Å². The van der Waals surface area contributed by atoms with Gasteiger partial charge in [0.2, 0.25) is 0 Å². The lowest BCUT2D eigenvalue weighted by molar-refractivity contribution is -0.137. The van der Waals surface area contributed by atoms with Crippen molar-refractivity contribution in [2.45, 2.75) is 50.4 Å². The van der Waals surface area contributed by atoms with Gasteiger partial charge in [-0.25, -0.2) is 0 Å². The van der Waals surface area contributed by atoms with E-state index in [9.17, 15) is 20.1 Å². The topological polar surface area (TPSA) is 107 Å². The van der Waals surface area contributed by atoms with E-state index in [1.54, 1.807) is 36.4 Å². The Bertz CT molecular complexity index is 704. The molecule has 0 amide bonds. The number of aliphatic hydroxyl groups excluding tert-OH is 3. The van der Waals surface area contributed by atoms with E-state index in [0.29, 0.717) is 36.5 Å². The highest BCUT2D eigenvalue weighted by Gasteiger charge is 2.39. The molecule has 0 saturated heterocycles. The average molecular weight is 425 g/mol. The zero-order valence-corrected chi connectivity index (χ0v) is 17.0. The number of hydrogen-bond acceptors (Lipinski definition) is 5. The van der Waals surface area contributed by atoms with Gasteiger partial charge in [-0.2, -0.15) is 0 Å². The van der Waals surface area contributed by atoms with Crippen LogP contribution in [0, 0.1) is 11.8 Å². The van der Waals surface area contributed by atoms with Crippen LogP contribution in [0.15, 0.2) is 48.6 Å². The molecule has 1 aliphatic rings. The number of aliphatic carboxylic acids is 1. The minimum absolute atomic E-state index is 0.0519. The lowest BCUT2D eigenvalue weighted by atomic mass is 9.89. The van der Waals surface area contributed by atoms with Crippen molar-refractivity contribution in [3.05, 3.63) is 53.6 Å². The van der Waals surface area contributed by atoms with E-state index >= 15 is 0 Å². The first-order chi connectivity index (χ1) is 13.9. The van der Waals surface area contributed by atoms with Crippen LogP contribution in [0.5, 0.6) is 5.75 Å². The number of halogens is 1. The summed E-state index contributed by atoms with van der Waals surface area (Å²) in [4.78, 5) is 10.5. The van der Waals surface area contributed by atoms with Crippen molar-refractivity contribution >= 4 is 17.6 Å². The van der Waals surface area contributed by atoms with Crippen molar-refractivity contribution in [2.75, 3.05) is 6.61 Å². The normalized spacial score (nSPS) is 25.7. The fourth-order valence-corrected chi connectivity index (χ4v) is 3.68. The lowest BCUT2D eigenvalue weighted by Crippen LogP contribution is -2.21. The number of unbranched alkanes of at least 4 members (excludes halogenated alkanes) is 1. The van der Waals surface area contributed by atoms with Gasteiger partial charge in [0.05, 0.1) is 12.2 Å². The Labute approximate surface area is 176 Å². The molecule has 0 aromatic heterocycles. The second kappa shape index (κ2) is 12.0. The third kappa shape index (κ3) is 8.19. The quantitative estimate of drug-likeness (QED) is 0.321. The van der Waals surface area contributed by atoms with Crippen molar-refractivity contribution in [1.82, 2.24) is 0 Å². The van der Waals surface area contributed by atoms with Gasteiger partial charge in [-0.3, -0.25) is 4.79 Å². The third-order valence-corrected chi connectivity index (χ3v) is 5.26. The minimum Gasteiger partial charge on any atom is -0.491 e. The number of ether oxygens (including phenoxy) is 1. The first-order valence-corrected chi connectivity index (χ1v) is 10.2. The highest BCUT2D eigenvalue weighted by Crippen LogP contribution is 2.36. The molecule has 4 N–H and O–H groups in total. The molecule has 0 spiro atoms. The smallest absolute Gasteiger partial charge is 0.303 e. The number of carboxylic acids is 1. The van der Waals surface area contributed by atoms with Crippen LogP contribution in [0.25, 0.3) is 0 Å². The van der Waals surface area contributed by atoms with E-state index in [4.69, 9.17) is 21.4 Å². The maximum atomic E-state index is 10.5. The molecule has 160 valence electrons. The molecule has 0 bridgehead atoms. The summed E-state index contributed by atoms with van der Waals surface area (Å²) in [6.45, 7) is 0.0519. The first kappa shape index (κ1) is 23.4. The summed E-state index contributed by atoms with van der Waals surface area (Å²) in [6.07, 6.45) is 7.26. The van der Waals surface area contributed by atoms with E-state index in [2.05, 4.69) is 0 Å². The molecule has 0 radical (unpaired) electrons. The predicted molar refractivity (Wildman–Crippen MR) is 111 cm³/mol. The molecule has 1 aromatic rings. The van der Waals surface area contributed by atoms with Gasteiger partial charge in [-0.15, -0.1) is 0 Å². The number of rotatable bonds is 11. The number of allylic oxidation sites excluding steroid dienone is 2. The van der Waals surface area contributed by atoms with Crippen LogP contribution >= 0.6 is 11.6 Å². The fourth-order valence-electron chi connectivity index (χ4n) is 3.50. The maximum Gasteiger partial charge on any atom is 0.303 e. The van der Waals surface area contributed by atoms with E-state index in [1.807, 2.05) is 12.2 Å². The molecule has 0 aliphatic heterocycles. The third-order valence-electron chi connectivity index (χ3n) is 5.02. The van der Waals surface area contributed by atoms with Crippen LogP contribution in [0.3, 0.4) is 0 Å². The zero-order valence-electron chi connectivity index (χ0n) is 16.2. The maximum absolute atomic E-state index is 10.5. The van der Waals surface area contributed by atoms with E-state index < -0.39 is 24.3 Å². The second-order valence-electron chi connectivity index (χ2n) is 7.33. The Morgan fingerprint density at radius 2 is 2.07 bits per heavy atom. The van der Waals surface area contributed by atoms with Gasteiger partial charge in [-0.05, 0) is 43.4 Å². The molecule has 5 atom stereocenters. The van der Waals surface area contributed by atoms with Crippen LogP contribution < -0.4 is 4.74 Å². The van der Waals surface area contributed by atoms with Gasteiger partial charge in [0.1, 0.15) is 18.5 Å². The first-order valence-electron chi connectivity index (χ1n) is 9.84. The summed E-state index contributed by atoms with van der Waals surface area (Å²) in [5, 5.41) is 39.8. The minimum atomic E-state index is -0.855. The van der Waals surface area contributed by atoms with E-state index in [0.717, 1.165) is 0 Å². The molecule has 1 aromatic carbocycles. The molecule has 7 heteroatoms. The van der Waals surface area contributed by atoms with Crippen LogP contribution in [-0.4, -0.2) is 51.3 Å². The van der Waals surface area contributed by atoms with Crippen LogP contribution in [0.4, 0.5) is 0 Å². The van der Waals surface area contributed by atoms with Crippen molar-refractivity contribution in [3.8, 4) is 5.75 Å². The molecule has 2 rings (SSSR count). The molecule has 6 nitrogen and oxygen atoms in total. The van der Waals surface area contributed by atoms with Crippen molar-refractivity contribution < 1.29 is 30.0 Å². The average Bonchev–Trinajstić information content (AvgIpc) is 2.93. The summed E-state index contributed by atoms with van der Waals surface area (Å²) in [5.41, 5.74) is 0. The predicted octanol–water partition coefficient (Wildman–Crippen LogP) is 3.20. The van der Waals surface area contributed by atoms with Crippen LogP contribution in [-0.2, 0) is 4.79 Å². The highest BCUT2D eigenvalue weighted by molar-refractivity contribution is 6.30. The zero-order chi connectivity index (χ0) is 21.2. The lowest BCUT2D eigenvalue weighted by Gasteiger charge is -2.19. The van der Waals surface area contributed by atoms with Gasteiger partial charge >= 0.3 is 5.97 Å². The Morgan fingerprint density at radius 1 is 1.28 bits per heavy atom. The van der Waals surface area contributed by atoms with E-state index in [-0.39, 0.29) is 24.9 Å². The number of benzene rings is 1. The molecular formula is C22H29ClO6. The Hall–Kier alpha value is -1.86. The van der Waals surface area contributed by atoms with Crippen molar-refractivity contribution in [3.63, 3.8) is 0 Å². The monoisotopic (exact) mass is 424 g/mol. The fraction of sp³-hybridized carbons (Fsp3) is 0.500. The van der Waals surface area contributed by atoms with Crippen molar-refractivity contribution in [2.24, 2.45) is 11.8 Å². The van der Waals surface area contributed by atoms with Gasteiger partial charge in [0.15, 0.2) is 0 Å². The Balaban J connectivity index is 1.83.